The highest BCUT2D eigenvalue weighted by Crippen LogP contribution is 2.14. The molecule has 1 aromatic rings. The minimum Gasteiger partial charge on any atom is -0.467 e. The highest BCUT2D eigenvalue weighted by molar-refractivity contribution is 14.1. The van der Waals surface area contributed by atoms with Gasteiger partial charge in [-0.1, -0.05) is 12.1 Å². The van der Waals surface area contributed by atoms with Crippen molar-refractivity contribution in [3.05, 3.63) is 33.4 Å². The van der Waals surface area contributed by atoms with E-state index in [0.717, 1.165) is 15.6 Å². The number of halogens is 1. The van der Waals surface area contributed by atoms with Crippen LogP contribution in [0.15, 0.2) is 24.3 Å². The molecule has 0 unspecified atom stereocenters. The third-order valence-corrected chi connectivity index (χ3v) is 4.02. The van der Waals surface area contributed by atoms with Crippen molar-refractivity contribution < 1.29 is 19.1 Å². The number of esters is 1. The molecule has 1 heterocycles. The number of benzene rings is 1. The van der Waals surface area contributed by atoms with Crippen LogP contribution in [0.3, 0.4) is 0 Å². The Bertz CT molecular complexity index is 514. The summed E-state index contributed by atoms with van der Waals surface area (Å²) in [7, 11) is 1.32. The fourth-order valence-electron chi connectivity index (χ4n) is 2.28. The molecule has 0 saturated carbocycles. The molecule has 0 radical (unpaired) electrons. The van der Waals surface area contributed by atoms with Gasteiger partial charge in [-0.25, -0.2) is 4.79 Å². The number of rotatable bonds is 5. The van der Waals surface area contributed by atoms with E-state index >= 15 is 0 Å². The highest BCUT2D eigenvalue weighted by atomic mass is 127. The molecule has 6 heteroatoms. The lowest BCUT2D eigenvalue weighted by Gasteiger charge is -2.19. The maximum atomic E-state index is 12.1. The number of hydrogen-bond acceptors (Lipinski definition) is 4. The number of carbonyl (C=O) groups excluding carboxylic acids is 2. The number of nitrogens with one attached hydrogen (secondary N) is 1. The number of hydrogen-bond donors (Lipinski definition) is 1. The van der Waals surface area contributed by atoms with Crippen LogP contribution in [-0.2, 0) is 25.5 Å². The molecule has 114 valence electrons. The second-order valence-electron chi connectivity index (χ2n) is 4.92. The van der Waals surface area contributed by atoms with Crippen LogP contribution in [0, 0.1) is 3.57 Å². The first-order valence-corrected chi connectivity index (χ1v) is 7.92. The quantitative estimate of drug-likeness (QED) is 0.600. The van der Waals surface area contributed by atoms with Crippen molar-refractivity contribution in [1.82, 2.24) is 5.32 Å². The summed E-state index contributed by atoms with van der Waals surface area (Å²) in [5.41, 5.74) is 0.977. The van der Waals surface area contributed by atoms with Crippen LogP contribution >= 0.6 is 22.6 Å². The van der Waals surface area contributed by atoms with Gasteiger partial charge in [-0.15, -0.1) is 0 Å². The van der Waals surface area contributed by atoms with Crippen LogP contribution in [0.4, 0.5) is 0 Å². The van der Waals surface area contributed by atoms with Crippen molar-refractivity contribution in [2.45, 2.75) is 31.4 Å². The Labute approximate surface area is 137 Å². The van der Waals surface area contributed by atoms with Gasteiger partial charge in [0.1, 0.15) is 12.1 Å². The zero-order valence-electron chi connectivity index (χ0n) is 11.8. The van der Waals surface area contributed by atoms with Crippen LogP contribution in [0.25, 0.3) is 0 Å². The summed E-state index contributed by atoms with van der Waals surface area (Å²) in [6.45, 7) is 0.595. The minimum atomic E-state index is -0.690. The lowest BCUT2D eigenvalue weighted by atomic mass is 10.1. The van der Waals surface area contributed by atoms with Gasteiger partial charge in [0, 0.05) is 16.6 Å². The summed E-state index contributed by atoms with van der Waals surface area (Å²) in [5.74, 6) is -0.686. The van der Waals surface area contributed by atoms with Crippen LogP contribution in [0.1, 0.15) is 18.4 Å². The molecular weight excluding hydrogens is 385 g/mol. The molecule has 0 bridgehead atoms. The second kappa shape index (κ2) is 7.74. The molecule has 1 N–H and O–H groups in total. The standard InChI is InChI=1S/C15H18INO4/c1-20-15(19)12(9-10-4-2-5-11(16)8-10)17-14(18)13-6-3-7-21-13/h2,4-5,8,12-13H,3,6-7,9H2,1H3,(H,17,18)/t12-,13+/m0/s1. The van der Waals surface area contributed by atoms with Gasteiger partial charge in [0.25, 0.3) is 0 Å². The maximum absolute atomic E-state index is 12.1. The van der Waals surface area contributed by atoms with E-state index < -0.39 is 18.1 Å². The zero-order valence-corrected chi connectivity index (χ0v) is 14.0. The monoisotopic (exact) mass is 403 g/mol. The van der Waals surface area contributed by atoms with E-state index in [-0.39, 0.29) is 5.91 Å². The van der Waals surface area contributed by atoms with Crippen LogP contribution in [0.5, 0.6) is 0 Å². The maximum Gasteiger partial charge on any atom is 0.328 e. The molecule has 2 atom stereocenters. The van der Waals surface area contributed by atoms with Crippen molar-refractivity contribution in [2.24, 2.45) is 0 Å². The van der Waals surface area contributed by atoms with E-state index in [9.17, 15) is 9.59 Å². The van der Waals surface area contributed by atoms with E-state index in [1.54, 1.807) is 0 Å². The number of carbonyl (C=O) groups is 2. The topological polar surface area (TPSA) is 64.6 Å². The third kappa shape index (κ3) is 4.67. The number of amides is 1. The Morgan fingerprint density at radius 2 is 2.33 bits per heavy atom. The molecule has 1 fully saturated rings. The van der Waals surface area contributed by atoms with E-state index in [2.05, 4.69) is 27.9 Å². The van der Waals surface area contributed by atoms with E-state index in [1.165, 1.54) is 7.11 Å². The van der Waals surface area contributed by atoms with Crippen molar-refractivity contribution >= 4 is 34.5 Å². The van der Waals surface area contributed by atoms with Gasteiger partial charge in [-0.3, -0.25) is 4.79 Å². The van der Waals surface area contributed by atoms with E-state index in [0.29, 0.717) is 19.4 Å². The second-order valence-corrected chi connectivity index (χ2v) is 6.17. The molecule has 0 aromatic heterocycles. The van der Waals surface area contributed by atoms with Crippen molar-refractivity contribution in [1.29, 1.82) is 0 Å². The van der Waals surface area contributed by atoms with Gasteiger partial charge in [-0.2, -0.15) is 0 Å². The molecule has 0 spiro atoms. The molecule has 5 nitrogen and oxygen atoms in total. The van der Waals surface area contributed by atoms with Gasteiger partial charge >= 0.3 is 5.97 Å². The normalized spacial score (nSPS) is 19.0. The lowest BCUT2D eigenvalue weighted by molar-refractivity contribution is -0.146. The van der Waals surface area contributed by atoms with Crippen molar-refractivity contribution in [3.63, 3.8) is 0 Å². The first-order chi connectivity index (χ1) is 10.1. The average Bonchev–Trinajstić information content (AvgIpc) is 3.00. The van der Waals surface area contributed by atoms with Gasteiger partial charge in [-0.05, 0) is 53.1 Å². The fraction of sp³-hybridized carbons (Fsp3) is 0.467. The summed E-state index contributed by atoms with van der Waals surface area (Å²) in [4.78, 5) is 24.0. The Balaban J connectivity index is 2.03. The fourth-order valence-corrected chi connectivity index (χ4v) is 2.89. The highest BCUT2D eigenvalue weighted by Gasteiger charge is 2.28. The smallest absolute Gasteiger partial charge is 0.328 e. The molecule has 1 amide bonds. The summed E-state index contributed by atoms with van der Waals surface area (Å²) in [5, 5.41) is 2.74. The number of methoxy groups -OCH3 is 1. The average molecular weight is 403 g/mol. The molecule has 1 aliphatic heterocycles. The summed E-state index contributed by atoms with van der Waals surface area (Å²) in [6.07, 6.45) is 1.52. The molecule has 21 heavy (non-hydrogen) atoms. The first-order valence-electron chi connectivity index (χ1n) is 6.84. The largest absolute Gasteiger partial charge is 0.467 e. The zero-order chi connectivity index (χ0) is 15.2. The van der Waals surface area contributed by atoms with Crippen LogP contribution in [0.2, 0.25) is 0 Å². The predicted octanol–water partition coefficient (Wildman–Crippen LogP) is 1.67. The van der Waals surface area contributed by atoms with Gasteiger partial charge in [0.15, 0.2) is 0 Å². The molecule has 1 aromatic carbocycles. The van der Waals surface area contributed by atoms with E-state index in [4.69, 9.17) is 9.47 Å². The molecule has 1 saturated heterocycles. The van der Waals surface area contributed by atoms with Crippen LogP contribution < -0.4 is 5.32 Å². The Morgan fingerprint density at radius 3 is 2.95 bits per heavy atom. The Hall–Kier alpha value is -1.15. The Morgan fingerprint density at radius 1 is 1.52 bits per heavy atom. The summed E-state index contributed by atoms with van der Waals surface area (Å²) < 4.78 is 11.2. The molecular formula is C15H18INO4. The predicted molar refractivity (Wildman–Crippen MR) is 85.8 cm³/mol. The van der Waals surface area contributed by atoms with Crippen molar-refractivity contribution in [2.75, 3.05) is 13.7 Å². The van der Waals surface area contributed by atoms with E-state index in [1.807, 2.05) is 24.3 Å². The van der Waals surface area contributed by atoms with Gasteiger partial charge in [0.05, 0.1) is 7.11 Å². The minimum absolute atomic E-state index is 0.242. The van der Waals surface area contributed by atoms with Gasteiger partial charge in [0.2, 0.25) is 5.91 Å². The van der Waals surface area contributed by atoms with Crippen molar-refractivity contribution in [3.8, 4) is 0 Å². The first kappa shape index (κ1) is 16.2. The lowest BCUT2D eigenvalue weighted by Crippen LogP contribution is -2.47. The summed E-state index contributed by atoms with van der Waals surface area (Å²) >= 11 is 2.21. The molecule has 1 aliphatic rings. The summed E-state index contributed by atoms with van der Waals surface area (Å²) in [6, 6.07) is 7.12. The SMILES string of the molecule is COC(=O)[C@H](Cc1cccc(I)c1)NC(=O)[C@H]1CCCO1. The molecule has 2 rings (SSSR count). The third-order valence-electron chi connectivity index (χ3n) is 3.35. The Kier molecular flexibility index (Phi) is 5.98. The van der Waals surface area contributed by atoms with Crippen LogP contribution in [-0.4, -0.2) is 37.7 Å². The molecule has 0 aliphatic carbocycles. The number of ether oxygens (including phenoxy) is 2. The van der Waals surface area contributed by atoms with Gasteiger partial charge < -0.3 is 14.8 Å².